The Kier molecular flexibility index (Phi) is 8.37. The van der Waals surface area contributed by atoms with Gasteiger partial charge in [0.25, 0.3) is 5.56 Å². The van der Waals surface area contributed by atoms with E-state index in [9.17, 15) is 14.4 Å². The van der Waals surface area contributed by atoms with Crippen LogP contribution in [0.25, 0.3) is 10.9 Å². The highest BCUT2D eigenvalue weighted by Crippen LogP contribution is 2.16. The molecule has 3 aromatic rings. The predicted octanol–water partition coefficient (Wildman–Crippen LogP) is 3.73. The summed E-state index contributed by atoms with van der Waals surface area (Å²) in [5.41, 5.74) is 1.24. The van der Waals surface area contributed by atoms with Crippen LogP contribution in [0, 0.1) is 4.77 Å². The van der Waals surface area contributed by atoms with Crippen molar-refractivity contribution in [2.45, 2.75) is 32.2 Å². The van der Waals surface area contributed by atoms with Crippen LogP contribution >= 0.6 is 12.2 Å². The number of hydrogen-bond donors (Lipinski definition) is 2. The van der Waals surface area contributed by atoms with Crippen molar-refractivity contribution in [1.29, 1.82) is 0 Å². The lowest BCUT2D eigenvalue weighted by molar-refractivity contribution is -0.133. The van der Waals surface area contributed by atoms with Gasteiger partial charge in [-0.3, -0.25) is 19.0 Å². The van der Waals surface area contributed by atoms with Gasteiger partial charge in [0.05, 0.1) is 24.6 Å². The minimum absolute atomic E-state index is 0.0301. The van der Waals surface area contributed by atoms with Gasteiger partial charge in [0.1, 0.15) is 5.75 Å². The Balaban J connectivity index is 1.42. The number of carbonyl (C=O) groups is 2. The first-order valence-electron chi connectivity index (χ1n) is 10.8. The lowest BCUT2D eigenvalue weighted by Crippen LogP contribution is -2.34. The molecular weight excluding hydrogens is 440 g/mol. The zero-order chi connectivity index (χ0) is 23.8. The Morgan fingerprint density at radius 1 is 1.12 bits per heavy atom. The first-order valence-corrected chi connectivity index (χ1v) is 11.2. The molecule has 0 fully saturated rings. The Morgan fingerprint density at radius 3 is 2.70 bits per heavy atom. The van der Waals surface area contributed by atoms with Gasteiger partial charge >= 0.3 is 0 Å². The number of benzene rings is 2. The third-order valence-electron chi connectivity index (χ3n) is 5.32. The van der Waals surface area contributed by atoms with Crippen LogP contribution in [0.4, 0.5) is 5.69 Å². The second kappa shape index (κ2) is 11.4. The highest BCUT2D eigenvalue weighted by atomic mass is 32.1. The molecule has 2 amide bonds. The summed E-state index contributed by atoms with van der Waals surface area (Å²) in [4.78, 5) is 41.7. The zero-order valence-electron chi connectivity index (χ0n) is 18.8. The number of fused-ring (bicyclic) bond motifs is 1. The molecule has 0 spiro atoms. The van der Waals surface area contributed by atoms with Crippen molar-refractivity contribution in [3.8, 4) is 5.75 Å². The number of para-hydroxylation sites is 1. The molecule has 2 aromatic carbocycles. The maximum atomic E-state index is 12.7. The van der Waals surface area contributed by atoms with E-state index in [0.29, 0.717) is 41.0 Å². The number of nitrogens with zero attached hydrogens (tertiary/aromatic N) is 2. The molecule has 3 rings (SSSR count). The van der Waals surface area contributed by atoms with E-state index in [1.165, 1.54) is 4.90 Å². The van der Waals surface area contributed by atoms with Crippen LogP contribution in [-0.2, 0) is 16.1 Å². The molecule has 0 aliphatic carbocycles. The van der Waals surface area contributed by atoms with E-state index in [4.69, 9.17) is 17.0 Å². The molecule has 0 saturated carbocycles. The molecule has 9 heteroatoms. The lowest BCUT2D eigenvalue weighted by atomic mass is 10.1. The molecule has 1 aromatic heterocycles. The SMILES string of the molecule is COc1cccc(NC(=O)CN(C)C(=O)CCCCCn2c(=S)[nH]c3ccccc3c2=O)c1. The van der Waals surface area contributed by atoms with Crippen molar-refractivity contribution < 1.29 is 14.3 Å². The number of nitrogens with one attached hydrogen (secondary N) is 2. The van der Waals surface area contributed by atoms with Crippen LogP contribution in [0.1, 0.15) is 25.7 Å². The Bertz CT molecular complexity index is 1250. The van der Waals surface area contributed by atoms with Crippen molar-refractivity contribution in [2.75, 3.05) is 26.0 Å². The molecule has 174 valence electrons. The van der Waals surface area contributed by atoms with Crippen molar-refractivity contribution >= 4 is 40.6 Å². The third-order valence-corrected chi connectivity index (χ3v) is 5.64. The number of hydrogen-bond acceptors (Lipinski definition) is 5. The van der Waals surface area contributed by atoms with Crippen molar-refractivity contribution in [2.24, 2.45) is 0 Å². The summed E-state index contributed by atoms with van der Waals surface area (Å²) in [5.74, 6) is 0.268. The number of unbranched alkanes of at least 4 members (excludes halogenated alkanes) is 2. The van der Waals surface area contributed by atoms with Gasteiger partial charge in [-0.1, -0.05) is 24.6 Å². The Labute approximate surface area is 197 Å². The second-order valence-corrected chi connectivity index (χ2v) is 8.16. The van der Waals surface area contributed by atoms with Crippen molar-refractivity contribution in [3.05, 3.63) is 63.7 Å². The molecule has 0 saturated heterocycles. The molecule has 0 atom stereocenters. The summed E-state index contributed by atoms with van der Waals surface area (Å²) in [7, 11) is 3.17. The first-order chi connectivity index (χ1) is 15.9. The Morgan fingerprint density at radius 2 is 1.91 bits per heavy atom. The fraction of sp³-hybridized carbons (Fsp3) is 0.333. The molecule has 0 aliphatic rings. The monoisotopic (exact) mass is 468 g/mol. The van der Waals surface area contributed by atoms with E-state index < -0.39 is 0 Å². The number of H-pyrrole nitrogens is 1. The molecular formula is C24H28N4O4S. The van der Waals surface area contributed by atoms with Gasteiger partial charge in [0.15, 0.2) is 4.77 Å². The van der Waals surface area contributed by atoms with Crippen LogP contribution in [0.15, 0.2) is 53.3 Å². The van der Waals surface area contributed by atoms with E-state index in [1.54, 1.807) is 49.1 Å². The van der Waals surface area contributed by atoms with Crippen molar-refractivity contribution in [3.63, 3.8) is 0 Å². The van der Waals surface area contributed by atoms with Gasteiger partial charge in [-0.05, 0) is 49.3 Å². The average molecular weight is 469 g/mol. The van der Waals surface area contributed by atoms with Gasteiger partial charge in [-0.25, -0.2) is 0 Å². The number of aromatic nitrogens is 2. The van der Waals surface area contributed by atoms with E-state index in [1.807, 2.05) is 18.2 Å². The van der Waals surface area contributed by atoms with E-state index in [-0.39, 0.29) is 23.9 Å². The molecule has 0 radical (unpaired) electrons. The minimum Gasteiger partial charge on any atom is -0.497 e. The van der Waals surface area contributed by atoms with Crippen LogP contribution in [-0.4, -0.2) is 47.0 Å². The normalized spacial score (nSPS) is 10.7. The number of methoxy groups -OCH3 is 1. The van der Waals surface area contributed by atoms with Crippen LogP contribution < -0.4 is 15.6 Å². The quantitative estimate of drug-likeness (QED) is 0.349. The summed E-state index contributed by atoms with van der Waals surface area (Å²) >= 11 is 5.32. The number of amides is 2. The van der Waals surface area contributed by atoms with E-state index in [0.717, 1.165) is 18.4 Å². The van der Waals surface area contributed by atoms with Gasteiger partial charge in [0.2, 0.25) is 11.8 Å². The standard InChI is InChI=1S/C24H28N4O4S/c1-27(16-21(29)25-17-9-8-10-18(15-17)32-2)22(30)13-4-3-7-14-28-23(31)19-11-5-6-12-20(19)26-24(28)33/h5-6,8-12,15H,3-4,7,13-14,16H2,1-2H3,(H,25,29)(H,26,33). The number of anilines is 1. The molecule has 0 bridgehead atoms. The van der Waals surface area contributed by atoms with E-state index in [2.05, 4.69) is 10.3 Å². The summed E-state index contributed by atoms with van der Waals surface area (Å²) in [5, 5.41) is 3.37. The van der Waals surface area contributed by atoms with Crippen LogP contribution in [0.3, 0.4) is 0 Å². The van der Waals surface area contributed by atoms with Gasteiger partial charge in [0, 0.05) is 31.8 Å². The topological polar surface area (TPSA) is 96.4 Å². The van der Waals surface area contributed by atoms with Crippen LogP contribution in [0.5, 0.6) is 5.75 Å². The average Bonchev–Trinajstić information content (AvgIpc) is 2.80. The maximum absolute atomic E-state index is 12.7. The van der Waals surface area contributed by atoms with Gasteiger partial charge < -0.3 is 19.9 Å². The number of ether oxygens (including phenoxy) is 1. The molecule has 2 N–H and O–H groups in total. The summed E-state index contributed by atoms with van der Waals surface area (Å²) in [6.07, 6.45) is 2.49. The first kappa shape index (κ1) is 24.2. The molecule has 0 unspecified atom stereocenters. The fourth-order valence-corrected chi connectivity index (χ4v) is 3.80. The second-order valence-electron chi connectivity index (χ2n) is 7.77. The minimum atomic E-state index is -0.274. The summed E-state index contributed by atoms with van der Waals surface area (Å²) in [6, 6.07) is 14.3. The van der Waals surface area contributed by atoms with E-state index >= 15 is 0 Å². The number of carbonyl (C=O) groups excluding carboxylic acids is 2. The van der Waals surface area contributed by atoms with Gasteiger partial charge in [-0.2, -0.15) is 0 Å². The highest BCUT2D eigenvalue weighted by molar-refractivity contribution is 7.71. The molecule has 1 heterocycles. The number of aromatic amines is 1. The number of rotatable bonds is 10. The van der Waals surface area contributed by atoms with Gasteiger partial charge in [-0.15, -0.1) is 0 Å². The zero-order valence-corrected chi connectivity index (χ0v) is 19.6. The molecule has 0 aliphatic heterocycles. The third kappa shape index (κ3) is 6.52. The summed E-state index contributed by atoms with van der Waals surface area (Å²) < 4.78 is 7.10. The number of likely N-dealkylation sites (N-methyl/N-ethyl adjacent to an activating group) is 1. The fourth-order valence-electron chi connectivity index (χ4n) is 3.52. The highest BCUT2D eigenvalue weighted by Gasteiger charge is 2.13. The van der Waals surface area contributed by atoms with Crippen molar-refractivity contribution in [1.82, 2.24) is 14.5 Å². The summed E-state index contributed by atoms with van der Waals surface area (Å²) in [6.45, 7) is 0.462. The smallest absolute Gasteiger partial charge is 0.262 e. The predicted molar refractivity (Wildman–Crippen MR) is 131 cm³/mol. The lowest BCUT2D eigenvalue weighted by Gasteiger charge is -2.17. The largest absolute Gasteiger partial charge is 0.497 e. The van der Waals surface area contributed by atoms with Crippen LogP contribution in [0.2, 0.25) is 0 Å². The maximum Gasteiger partial charge on any atom is 0.262 e. The molecule has 33 heavy (non-hydrogen) atoms. The Hall–Kier alpha value is -3.46. The molecule has 8 nitrogen and oxygen atoms in total.